The third-order valence-electron chi connectivity index (χ3n) is 1.25. The molecule has 5 heteroatoms. The van der Waals surface area contributed by atoms with Crippen LogP contribution < -0.4 is 4.74 Å². The van der Waals surface area contributed by atoms with Crippen LogP contribution in [0.5, 0.6) is 5.75 Å². The predicted octanol–water partition coefficient (Wildman–Crippen LogP) is 1.56. The molecule has 0 bridgehead atoms. The molecule has 1 N–H and O–H groups in total. The molecule has 0 fully saturated rings. The van der Waals surface area contributed by atoms with Crippen molar-refractivity contribution < 1.29 is 14.3 Å². The molecule has 1 aromatic rings. The van der Waals surface area contributed by atoms with Crippen LogP contribution in [0.2, 0.25) is 0 Å². The Kier molecular flexibility index (Phi) is 6.25. The molecule has 0 aliphatic carbocycles. The van der Waals surface area contributed by atoms with E-state index in [9.17, 15) is 4.79 Å². The van der Waals surface area contributed by atoms with Crippen molar-refractivity contribution >= 4 is 17.8 Å². The molecule has 5 nitrogen and oxygen atoms in total. The molecule has 0 unspecified atom stereocenters. The molecule has 0 heterocycles. The van der Waals surface area contributed by atoms with E-state index in [0.717, 1.165) is 6.08 Å². The molecular weight excluding hydrogens is 184 g/mol. The Labute approximate surface area is 80.5 Å². The molecule has 0 saturated heterocycles. The molecule has 0 saturated carbocycles. The average molecular weight is 192 g/mol. The van der Waals surface area contributed by atoms with Crippen molar-refractivity contribution in [2.24, 2.45) is 4.99 Å². The molecule has 1 rings (SSSR count). The lowest BCUT2D eigenvalue weighted by atomic mass is 10.3. The molecule has 0 aromatic heterocycles. The van der Waals surface area contributed by atoms with E-state index in [1.54, 1.807) is 18.2 Å². The van der Waals surface area contributed by atoms with Crippen molar-refractivity contribution in [1.82, 2.24) is 0 Å². The number of rotatable bonds is 2. The van der Waals surface area contributed by atoms with Gasteiger partial charge in [0.25, 0.3) is 0 Å². The van der Waals surface area contributed by atoms with E-state index in [4.69, 9.17) is 14.9 Å². The van der Waals surface area contributed by atoms with Crippen molar-refractivity contribution in [2.75, 3.05) is 7.11 Å². The van der Waals surface area contributed by atoms with Crippen molar-refractivity contribution in [3.05, 3.63) is 24.3 Å². The van der Waals surface area contributed by atoms with Gasteiger partial charge < -0.3 is 4.74 Å². The predicted molar refractivity (Wildman–Crippen MR) is 49.2 cm³/mol. The third kappa shape index (κ3) is 3.97. The number of ether oxygens (including phenoxy) is 1. The Bertz CT molecular complexity index is 364. The summed E-state index contributed by atoms with van der Waals surface area (Å²) in [6.07, 6.45) is 2.20. The monoisotopic (exact) mass is 192 g/mol. The summed E-state index contributed by atoms with van der Waals surface area (Å²) in [7, 11) is 1.53. The van der Waals surface area contributed by atoms with Gasteiger partial charge in [0.05, 0.1) is 7.11 Å². The number of nitrogens with one attached hydrogen (secondary N) is 1. The lowest BCUT2D eigenvalue weighted by Gasteiger charge is -1.99. The summed E-state index contributed by atoms with van der Waals surface area (Å²) in [5, 5.41) is 5.40. The zero-order valence-electron chi connectivity index (χ0n) is 7.48. The lowest BCUT2D eigenvalue weighted by molar-refractivity contribution is 0.416. The van der Waals surface area contributed by atoms with E-state index >= 15 is 0 Å². The summed E-state index contributed by atoms with van der Waals surface area (Å²) >= 11 is 0. The summed E-state index contributed by atoms with van der Waals surface area (Å²) in [5.74, 6) is 0.579. The Balaban J connectivity index is 0.000000500. The fourth-order valence-corrected chi connectivity index (χ4v) is 0.771. The smallest absolute Gasteiger partial charge is 0.240 e. The molecule has 0 radical (unpaired) electrons. The van der Waals surface area contributed by atoms with Gasteiger partial charge in [-0.3, -0.25) is 0 Å². The largest absolute Gasteiger partial charge is 0.494 e. The van der Waals surface area contributed by atoms with Crippen LogP contribution in [0.15, 0.2) is 29.3 Å². The minimum Gasteiger partial charge on any atom is -0.494 e. The number of isocyanates is 2. The first-order chi connectivity index (χ1) is 6.79. The number of aliphatic imine (C=N–C) groups is 1. The number of methoxy groups -OCH3 is 1. The van der Waals surface area contributed by atoms with Crippen LogP contribution in [0, 0.1) is 5.41 Å². The Hall–Kier alpha value is -2.22. The van der Waals surface area contributed by atoms with E-state index in [1.807, 2.05) is 6.07 Å². The zero-order chi connectivity index (χ0) is 10.8. The fraction of sp³-hybridized carbons (Fsp3) is 0.111. The number of nitrogens with zero attached hydrogens (tertiary/aromatic N) is 1. The molecule has 0 aliphatic rings. The first-order valence-electron chi connectivity index (χ1n) is 3.55. The second kappa shape index (κ2) is 7.43. The highest BCUT2D eigenvalue weighted by Gasteiger charge is 1.96. The normalized spacial score (nSPS) is 7.21. The van der Waals surface area contributed by atoms with Gasteiger partial charge in [-0.15, -0.1) is 0 Å². The van der Waals surface area contributed by atoms with Crippen LogP contribution in [0.4, 0.5) is 5.69 Å². The maximum atomic E-state index is 9.90. The third-order valence-corrected chi connectivity index (χ3v) is 1.25. The quantitative estimate of drug-likeness (QED) is 0.570. The van der Waals surface area contributed by atoms with Crippen LogP contribution in [-0.2, 0) is 9.59 Å². The summed E-state index contributed by atoms with van der Waals surface area (Å²) in [6, 6.07) is 7.00. The number of benzene rings is 1. The summed E-state index contributed by atoms with van der Waals surface area (Å²) in [4.78, 5) is 21.7. The van der Waals surface area contributed by atoms with E-state index in [-0.39, 0.29) is 0 Å². The Morgan fingerprint density at radius 1 is 1.36 bits per heavy atom. The van der Waals surface area contributed by atoms with Crippen LogP contribution >= 0.6 is 0 Å². The SMILES string of the molecule is COc1ccccc1N=C=O.N=C=O. The summed E-state index contributed by atoms with van der Waals surface area (Å²) in [5.41, 5.74) is 0.505. The number of hydrogen-bond acceptors (Lipinski definition) is 5. The second-order valence-electron chi connectivity index (χ2n) is 1.98. The van der Waals surface area contributed by atoms with Gasteiger partial charge in [0.2, 0.25) is 12.2 Å². The molecule has 0 aliphatic heterocycles. The van der Waals surface area contributed by atoms with Crippen LogP contribution in [0.3, 0.4) is 0 Å². The summed E-state index contributed by atoms with van der Waals surface area (Å²) in [6.45, 7) is 0. The number of para-hydroxylation sites is 2. The Morgan fingerprint density at radius 3 is 2.43 bits per heavy atom. The standard InChI is InChI=1S/C8H7NO2.CHNO/c1-11-8-5-3-2-4-7(8)9-6-10;2-1-3/h2-5H,1H3;2H. The van der Waals surface area contributed by atoms with Gasteiger partial charge in [0, 0.05) is 0 Å². The topological polar surface area (TPSA) is 79.6 Å². The number of hydrogen-bond donors (Lipinski definition) is 1. The van der Waals surface area contributed by atoms with E-state index in [0.29, 0.717) is 11.4 Å². The fourth-order valence-electron chi connectivity index (χ4n) is 0.771. The van der Waals surface area contributed by atoms with Gasteiger partial charge in [-0.25, -0.2) is 15.0 Å². The highest BCUT2D eigenvalue weighted by Crippen LogP contribution is 2.25. The molecule has 14 heavy (non-hydrogen) atoms. The number of carbonyl (C=O) groups excluding carboxylic acids is 2. The lowest BCUT2D eigenvalue weighted by Crippen LogP contribution is -1.81. The van der Waals surface area contributed by atoms with Crippen molar-refractivity contribution in [3.63, 3.8) is 0 Å². The van der Waals surface area contributed by atoms with Gasteiger partial charge in [-0.05, 0) is 12.1 Å². The molecule has 1 aromatic carbocycles. The van der Waals surface area contributed by atoms with Gasteiger partial charge in [0.15, 0.2) is 0 Å². The first kappa shape index (κ1) is 11.8. The maximum absolute atomic E-state index is 9.90. The van der Waals surface area contributed by atoms with E-state index in [2.05, 4.69) is 4.99 Å². The van der Waals surface area contributed by atoms with Crippen LogP contribution in [-0.4, -0.2) is 19.3 Å². The highest BCUT2D eigenvalue weighted by atomic mass is 16.5. The van der Waals surface area contributed by atoms with Crippen molar-refractivity contribution in [3.8, 4) is 5.75 Å². The van der Waals surface area contributed by atoms with Crippen molar-refractivity contribution in [2.45, 2.75) is 0 Å². The molecule has 0 amide bonds. The second-order valence-corrected chi connectivity index (χ2v) is 1.98. The highest BCUT2D eigenvalue weighted by molar-refractivity contribution is 5.57. The Morgan fingerprint density at radius 2 is 1.93 bits per heavy atom. The van der Waals surface area contributed by atoms with Gasteiger partial charge in [0.1, 0.15) is 11.4 Å². The minimum absolute atomic E-state index is 0.505. The van der Waals surface area contributed by atoms with Crippen LogP contribution in [0.25, 0.3) is 0 Å². The van der Waals surface area contributed by atoms with E-state index in [1.165, 1.54) is 13.2 Å². The van der Waals surface area contributed by atoms with Gasteiger partial charge in [-0.2, -0.15) is 4.99 Å². The maximum Gasteiger partial charge on any atom is 0.240 e. The minimum atomic E-state index is 0.505. The van der Waals surface area contributed by atoms with Crippen molar-refractivity contribution in [1.29, 1.82) is 5.41 Å². The average Bonchev–Trinajstić information content (AvgIpc) is 2.20. The molecule has 0 spiro atoms. The van der Waals surface area contributed by atoms with Crippen LogP contribution in [0.1, 0.15) is 0 Å². The molecule has 0 atom stereocenters. The molecular formula is C9H8N2O3. The zero-order valence-corrected chi connectivity index (χ0v) is 7.48. The van der Waals surface area contributed by atoms with Gasteiger partial charge >= 0.3 is 0 Å². The van der Waals surface area contributed by atoms with E-state index < -0.39 is 0 Å². The molecule has 72 valence electrons. The van der Waals surface area contributed by atoms with Gasteiger partial charge in [-0.1, -0.05) is 12.1 Å². The summed E-state index contributed by atoms with van der Waals surface area (Å²) < 4.78 is 4.93. The first-order valence-corrected chi connectivity index (χ1v) is 3.55.